The maximum Gasteiger partial charge on any atom is 0.321 e. The van der Waals surface area contributed by atoms with Crippen LogP contribution in [0.5, 0.6) is 0 Å². The van der Waals surface area contributed by atoms with Crippen molar-refractivity contribution < 1.29 is 9.53 Å². The molecule has 0 spiro atoms. The number of ether oxygens (including phenoxy) is 1. The van der Waals surface area contributed by atoms with Crippen LogP contribution in [0.4, 0.5) is 16.2 Å². The summed E-state index contributed by atoms with van der Waals surface area (Å²) in [6, 6.07) is 8.14. The van der Waals surface area contributed by atoms with Crippen LogP contribution in [0.3, 0.4) is 0 Å². The van der Waals surface area contributed by atoms with Crippen LogP contribution < -0.4 is 10.2 Å². The molecule has 1 aromatic heterocycles. The number of aromatic nitrogens is 3. The molecule has 26 heavy (non-hydrogen) atoms. The molecule has 2 aliphatic rings. The van der Waals surface area contributed by atoms with Gasteiger partial charge in [0.25, 0.3) is 0 Å². The van der Waals surface area contributed by atoms with Crippen LogP contribution in [-0.4, -0.2) is 65.3 Å². The van der Waals surface area contributed by atoms with Crippen LogP contribution in [0.25, 0.3) is 0 Å². The smallest absolute Gasteiger partial charge is 0.321 e. The van der Waals surface area contributed by atoms with E-state index in [1.165, 1.54) is 0 Å². The molecule has 2 fully saturated rings. The van der Waals surface area contributed by atoms with E-state index in [0.717, 1.165) is 57.1 Å². The van der Waals surface area contributed by atoms with Crippen molar-refractivity contribution in [1.82, 2.24) is 19.9 Å². The quantitative estimate of drug-likeness (QED) is 0.910. The van der Waals surface area contributed by atoms with Gasteiger partial charge in [-0.1, -0.05) is 11.3 Å². The van der Waals surface area contributed by atoms with E-state index in [1.54, 1.807) is 6.20 Å². The third-order valence-electron chi connectivity index (χ3n) is 4.97. The zero-order chi connectivity index (χ0) is 17.8. The average molecular weight is 356 g/mol. The lowest BCUT2D eigenvalue weighted by molar-refractivity contribution is 0.122. The number of hydrogen-bond acceptors (Lipinski definition) is 5. The Morgan fingerprint density at radius 1 is 1.23 bits per heavy atom. The number of nitrogens with zero attached hydrogens (tertiary/aromatic N) is 5. The highest BCUT2D eigenvalue weighted by Crippen LogP contribution is 2.23. The second-order valence-corrected chi connectivity index (χ2v) is 6.71. The van der Waals surface area contributed by atoms with E-state index in [-0.39, 0.29) is 12.1 Å². The molecule has 1 aromatic carbocycles. The van der Waals surface area contributed by atoms with Crippen LogP contribution in [0, 0.1) is 0 Å². The zero-order valence-corrected chi connectivity index (χ0v) is 14.8. The molecule has 0 bridgehead atoms. The molecular formula is C18H24N6O2. The molecule has 1 atom stereocenters. The number of rotatable bonds is 3. The fourth-order valence-electron chi connectivity index (χ4n) is 3.57. The molecule has 2 saturated heterocycles. The van der Waals surface area contributed by atoms with E-state index in [4.69, 9.17) is 4.74 Å². The summed E-state index contributed by atoms with van der Waals surface area (Å²) in [7, 11) is 0. The second-order valence-electron chi connectivity index (χ2n) is 6.71. The first-order valence-corrected chi connectivity index (χ1v) is 9.14. The highest BCUT2D eigenvalue weighted by atomic mass is 16.5. The first-order chi connectivity index (χ1) is 12.8. The van der Waals surface area contributed by atoms with Crippen molar-refractivity contribution in [3.8, 4) is 0 Å². The van der Waals surface area contributed by atoms with Gasteiger partial charge in [-0.15, -0.1) is 5.10 Å². The van der Waals surface area contributed by atoms with E-state index in [9.17, 15) is 4.79 Å². The Labute approximate surface area is 152 Å². The van der Waals surface area contributed by atoms with Gasteiger partial charge in [0.15, 0.2) is 0 Å². The molecule has 8 heteroatoms. The van der Waals surface area contributed by atoms with Gasteiger partial charge in [-0.3, -0.25) is 0 Å². The Morgan fingerprint density at radius 2 is 2.12 bits per heavy atom. The number of urea groups is 1. The highest BCUT2D eigenvalue weighted by molar-refractivity contribution is 5.90. The maximum absolute atomic E-state index is 12.7. The summed E-state index contributed by atoms with van der Waals surface area (Å²) in [5.74, 6) is 0. The van der Waals surface area contributed by atoms with Crippen LogP contribution >= 0.6 is 0 Å². The molecule has 3 heterocycles. The minimum absolute atomic E-state index is 0.0612. The average Bonchev–Trinajstić information content (AvgIpc) is 3.24. The van der Waals surface area contributed by atoms with Gasteiger partial charge in [-0.25, -0.2) is 9.48 Å². The molecule has 1 unspecified atom stereocenters. The molecule has 2 aromatic rings. The van der Waals surface area contributed by atoms with Crippen LogP contribution in [0.2, 0.25) is 0 Å². The first-order valence-electron chi connectivity index (χ1n) is 9.14. The van der Waals surface area contributed by atoms with Gasteiger partial charge in [0.2, 0.25) is 0 Å². The summed E-state index contributed by atoms with van der Waals surface area (Å²) in [4.78, 5) is 16.8. The van der Waals surface area contributed by atoms with Crippen molar-refractivity contribution in [2.24, 2.45) is 0 Å². The lowest BCUT2D eigenvalue weighted by Crippen LogP contribution is -2.43. The van der Waals surface area contributed by atoms with Crippen molar-refractivity contribution >= 4 is 17.4 Å². The first kappa shape index (κ1) is 16.8. The van der Waals surface area contributed by atoms with Crippen molar-refractivity contribution in [2.75, 3.05) is 49.6 Å². The molecular weight excluding hydrogens is 332 g/mol. The largest absolute Gasteiger partial charge is 0.378 e. The van der Waals surface area contributed by atoms with Crippen LogP contribution in [0.15, 0.2) is 36.7 Å². The number of carbonyl (C=O) groups excluding carboxylic acids is 1. The molecule has 0 saturated carbocycles. The number of benzene rings is 1. The topological polar surface area (TPSA) is 75.5 Å². The molecule has 0 aliphatic carbocycles. The van der Waals surface area contributed by atoms with E-state index in [1.807, 2.05) is 34.0 Å². The lowest BCUT2D eigenvalue weighted by atomic mass is 10.1. The Kier molecular flexibility index (Phi) is 5.01. The molecule has 2 aliphatic heterocycles. The fraction of sp³-hybridized carbons (Fsp3) is 0.500. The number of amides is 2. The van der Waals surface area contributed by atoms with Crippen molar-refractivity contribution in [3.05, 3.63) is 36.7 Å². The Bertz CT molecular complexity index is 729. The highest BCUT2D eigenvalue weighted by Gasteiger charge is 2.25. The van der Waals surface area contributed by atoms with E-state index >= 15 is 0 Å². The summed E-state index contributed by atoms with van der Waals surface area (Å²) in [5.41, 5.74) is 1.94. The van der Waals surface area contributed by atoms with Gasteiger partial charge < -0.3 is 19.9 Å². The number of piperidine rings is 1. The summed E-state index contributed by atoms with van der Waals surface area (Å²) in [5, 5.41) is 11.0. The number of anilines is 2. The van der Waals surface area contributed by atoms with E-state index in [2.05, 4.69) is 26.6 Å². The fourth-order valence-corrected chi connectivity index (χ4v) is 3.57. The summed E-state index contributed by atoms with van der Waals surface area (Å²) < 4.78 is 7.25. The Morgan fingerprint density at radius 3 is 2.92 bits per heavy atom. The second kappa shape index (κ2) is 7.74. The van der Waals surface area contributed by atoms with E-state index < -0.39 is 0 Å². The van der Waals surface area contributed by atoms with Gasteiger partial charge >= 0.3 is 6.03 Å². The van der Waals surface area contributed by atoms with Crippen molar-refractivity contribution in [1.29, 1.82) is 0 Å². The Balaban J connectivity index is 1.39. The SMILES string of the molecule is O=C(Nc1cccc(N2CCOCC2)c1)N1CCCC(n2ccnn2)C1. The molecule has 1 N–H and O–H groups in total. The van der Waals surface area contributed by atoms with Crippen molar-refractivity contribution in [3.63, 3.8) is 0 Å². The normalized spacial score (nSPS) is 20.8. The molecule has 8 nitrogen and oxygen atoms in total. The van der Waals surface area contributed by atoms with Gasteiger partial charge in [0.05, 0.1) is 25.5 Å². The van der Waals surface area contributed by atoms with Crippen LogP contribution in [0.1, 0.15) is 18.9 Å². The standard InChI is InChI=1S/C18H24N6O2/c25-18(23-7-2-5-17(14-23)24-8-6-19-21-24)20-15-3-1-4-16(13-15)22-9-11-26-12-10-22/h1,3-4,6,8,13,17H,2,5,7,9-12,14H2,(H,20,25). The van der Waals surface area contributed by atoms with Crippen LogP contribution in [-0.2, 0) is 4.74 Å². The Hall–Kier alpha value is -2.61. The predicted molar refractivity (Wildman–Crippen MR) is 98.4 cm³/mol. The number of nitrogens with one attached hydrogen (secondary N) is 1. The monoisotopic (exact) mass is 356 g/mol. The number of hydrogen-bond donors (Lipinski definition) is 1. The number of likely N-dealkylation sites (tertiary alicyclic amines) is 1. The van der Waals surface area contributed by atoms with Gasteiger partial charge in [0, 0.05) is 43.8 Å². The van der Waals surface area contributed by atoms with Crippen molar-refractivity contribution in [2.45, 2.75) is 18.9 Å². The van der Waals surface area contributed by atoms with Gasteiger partial charge in [0.1, 0.15) is 0 Å². The third kappa shape index (κ3) is 3.80. The minimum Gasteiger partial charge on any atom is -0.378 e. The van der Waals surface area contributed by atoms with Gasteiger partial charge in [-0.2, -0.15) is 0 Å². The molecule has 2 amide bonds. The maximum atomic E-state index is 12.7. The molecule has 0 radical (unpaired) electrons. The number of carbonyl (C=O) groups is 1. The van der Waals surface area contributed by atoms with E-state index in [0.29, 0.717) is 6.54 Å². The summed E-state index contributed by atoms with van der Waals surface area (Å²) in [6.07, 6.45) is 5.51. The molecule has 138 valence electrons. The lowest BCUT2D eigenvalue weighted by Gasteiger charge is -2.33. The molecule has 4 rings (SSSR count). The summed E-state index contributed by atoms with van der Waals surface area (Å²) >= 11 is 0. The predicted octanol–water partition coefficient (Wildman–Crippen LogP) is 1.98. The van der Waals surface area contributed by atoms with Gasteiger partial charge in [-0.05, 0) is 31.0 Å². The minimum atomic E-state index is -0.0612. The summed E-state index contributed by atoms with van der Waals surface area (Å²) in [6.45, 7) is 4.66. The number of morpholine rings is 1. The zero-order valence-electron chi connectivity index (χ0n) is 14.8. The third-order valence-corrected chi connectivity index (χ3v) is 4.97.